The topological polar surface area (TPSA) is 43.4 Å². The number of ether oxygens (including phenoxy) is 1. The van der Waals surface area contributed by atoms with E-state index in [-0.39, 0.29) is 5.78 Å². The summed E-state index contributed by atoms with van der Waals surface area (Å²) in [6, 6.07) is 5.63. The molecule has 0 aromatic heterocycles. The van der Waals surface area contributed by atoms with Crippen molar-refractivity contribution in [2.24, 2.45) is 0 Å². The third kappa shape index (κ3) is 3.49. The van der Waals surface area contributed by atoms with E-state index in [1.807, 2.05) is 25.1 Å². The number of halogens is 1. The number of carbonyl (C=O) groups excluding carboxylic acids is 2. The average molecular weight is 365 g/mol. The minimum atomic E-state index is -0.857. The number of ketones is 1. The van der Waals surface area contributed by atoms with E-state index in [0.29, 0.717) is 23.3 Å². The first-order valence-corrected chi connectivity index (χ1v) is 8.46. The fraction of sp³-hybridized carbons (Fsp3) is 0.444. The Bertz CT molecular complexity index is 631. The van der Waals surface area contributed by atoms with Crippen LogP contribution in [0.2, 0.25) is 0 Å². The molecule has 0 saturated carbocycles. The highest BCUT2D eigenvalue weighted by Gasteiger charge is 2.38. The Morgan fingerprint density at radius 2 is 1.91 bits per heavy atom. The predicted octanol–water partition coefficient (Wildman–Crippen LogP) is 4.82. The maximum atomic E-state index is 12.6. The van der Waals surface area contributed by atoms with Gasteiger partial charge in [-0.1, -0.05) is 47.8 Å². The normalized spacial score (nSPS) is 18.6. The minimum absolute atomic E-state index is 0.146. The lowest BCUT2D eigenvalue weighted by molar-refractivity contribution is -0.146. The Morgan fingerprint density at radius 3 is 2.55 bits per heavy atom. The maximum Gasteiger partial charge on any atom is 0.326 e. The summed E-state index contributed by atoms with van der Waals surface area (Å²) in [6.07, 6.45) is 3.74. The Hall–Kier alpha value is -1.42. The smallest absolute Gasteiger partial charge is 0.326 e. The molecule has 1 aromatic carbocycles. The molecule has 1 aliphatic heterocycles. The number of hydrogen-bond donors (Lipinski definition) is 0. The van der Waals surface area contributed by atoms with Crippen molar-refractivity contribution >= 4 is 27.7 Å². The van der Waals surface area contributed by atoms with E-state index in [0.717, 1.165) is 29.3 Å². The van der Waals surface area contributed by atoms with Crippen LogP contribution in [0.15, 0.2) is 34.0 Å². The summed E-state index contributed by atoms with van der Waals surface area (Å²) >= 11 is 3.45. The van der Waals surface area contributed by atoms with E-state index in [9.17, 15) is 9.59 Å². The zero-order valence-corrected chi connectivity index (χ0v) is 14.8. The maximum absolute atomic E-state index is 12.6. The van der Waals surface area contributed by atoms with Crippen molar-refractivity contribution in [3.8, 4) is 0 Å². The third-order valence-electron chi connectivity index (χ3n) is 3.98. The van der Waals surface area contributed by atoms with Crippen molar-refractivity contribution in [3.05, 3.63) is 45.1 Å². The van der Waals surface area contributed by atoms with Crippen molar-refractivity contribution in [3.63, 3.8) is 0 Å². The van der Waals surface area contributed by atoms with Crippen molar-refractivity contribution in [1.82, 2.24) is 0 Å². The van der Waals surface area contributed by atoms with Crippen LogP contribution in [-0.4, -0.2) is 11.8 Å². The zero-order chi connectivity index (χ0) is 16.3. The molecule has 1 aliphatic rings. The van der Waals surface area contributed by atoms with Crippen LogP contribution in [0, 0.1) is 6.92 Å². The first kappa shape index (κ1) is 16.9. The molecule has 0 amide bonds. The highest BCUT2D eigenvalue weighted by atomic mass is 79.9. The Balaban J connectivity index is 2.29. The van der Waals surface area contributed by atoms with Crippen LogP contribution >= 0.6 is 15.9 Å². The molecule has 1 atom stereocenters. The summed E-state index contributed by atoms with van der Waals surface area (Å²) in [6.45, 7) is 5.84. The van der Waals surface area contributed by atoms with Gasteiger partial charge in [0.1, 0.15) is 11.7 Å². The molecule has 0 radical (unpaired) electrons. The van der Waals surface area contributed by atoms with Gasteiger partial charge in [-0.15, -0.1) is 0 Å². The lowest BCUT2D eigenvalue weighted by Crippen LogP contribution is -2.30. The molecule has 2 rings (SSSR count). The second-order valence-corrected chi connectivity index (χ2v) is 6.60. The molecule has 0 saturated heterocycles. The first-order valence-electron chi connectivity index (χ1n) is 7.67. The predicted molar refractivity (Wildman–Crippen MR) is 89.6 cm³/mol. The monoisotopic (exact) mass is 364 g/mol. The second-order valence-electron chi connectivity index (χ2n) is 5.75. The van der Waals surface area contributed by atoms with Gasteiger partial charge in [-0.3, -0.25) is 9.59 Å². The van der Waals surface area contributed by atoms with Crippen LogP contribution in [0.4, 0.5) is 0 Å². The summed E-state index contributed by atoms with van der Waals surface area (Å²) in [5.41, 5.74) is 2.32. The molecule has 0 spiro atoms. The number of Topliss-reactive ketones (excluding diaryl/α,β-unsaturated/α-hetero) is 1. The molecule has 0 fully saturated rings. The lowest BCUT2D eigenvalue weighted by atomic mass is 9.87. The summed E-state index contributed by atoms with van der Waals surface area (Å²) in [7, 11) is 0. The number of allylic oxidation sites excluding steroid dienone is 2. The van der Waals surface area contributed by atoms with E-state index >= 15 is 0 Å². The minimum Gasteiger partial charge on any atom is -0.430 e. The lowest BCUT2D eigenvalue weighted by Gasteiger charge is -2.24. The number of unbranched alkanes of at least 4 members (excludes halogenated alkanes) is 2. The SMILES string of the molecule is CCCCCC1=C(C)C(=O)C(c2ccc(C)cc2Br)C(=O)O1. The average Bonchev–Trinajstić information content (AvgIpc) is 2.46. The summed E-state index contributed by atoms with van der Waals surface area (Å²) in [5.74, 6) is -0.924. The van der Waals surface area contributed by atoms with Crippen molar-refractivity contribution < 1.29 is 14.3 Å². The Kier molecular flexibility index (Phi) is 5.57. The van der Waals surface area contributed by atoms with E-state index in [2.05, 4.69) is 22.9 Å². The number of rotatable bonds is 5. The van der Waals surface area contributed by atoms with Crippen LogP contribution < -0.4 is 0 Å². The van der Waals surface area contributed by atoms with E-state index in [4.69, 9.17) is 4.74 Å². The van der Waals surface area contributed by atoms with Gasteiger partial charge < -0.3 is 4.74 Å². The van der Waals surface area contributed by atoms with Gasteiger partial charge in [0.05, 0.1) is 0 Å². The van der Waals surface area contributed by atoms with Crippen molar-refractivity contribution in [2.75, 3.05) is 0 Å². The molecule has 0 bridgehead atoms. The number of esters is 1. The van der Waals surface area contributed by atoms with Gasteiger partial charge in [0.2, 0.25) is 0 Å². The molecule has 1 heterocycles. The molecule has 0 N–H and O–H groups in total. The summed E-state index contributed by atoms with van der Waals surface area (Å²) in [5, 5.41) is 0. The standard InChI is InChI=1S/C18H21BrO3/c1-4-5-6-7-15-12(3)17(20)16(18(21)22-15)13-9-8-11(2)10-14(13)19/h8-10,16H,4-7H2,1-3H3. The van der Waals surface area contributed by atoms with Crippen LogP contribution in [0.25, 0.3) is 0 Å². The van der Waals surface area contributed by atoms with Gasteiger partial charge >= 0.3 is 5.97 Å². The van der Waals surface area contributed by atoms with Gasteiger partial charge in [0, 0.05) is 16.5 Å². The molecular formula is C18H21BrO3. The third-order valence-corrected chi connectivity index (χ3v) is 4.67. The van der Waals surface area contributed by atoms with Crippen LogP contribution in [0.5, 0.6) is 0 Å². The molecule has 3 nitrogen and oxygen atoms in total. The number of cyclic esters (lactones) is 1. The Morgan fingerprint density at radius 1 is 1.18 bits per heavy atom. The zero-order valence-electron chi connectivity index (χ0n) is 13.2. The molecule has 1 aromatic rings. The largest absolute Gasteiger partial charge is 0.430 e. The highest BCUT2D eigenvalue weighted by molar-refractivity contribution is 9.10. The van der Waals surface area contributed by atoms with Gasteiger partial charge in [0.25, 0.3) is 0 Å². The van der Waals surface area contributed by atoms with Crippen molar-refractivity contribution in [2.45, 2.75) is 52.4 Å². The van der Waals surface area contributed by atoms with Gasteiger partial charge in [-0.05, 0) is 37.5 Å². The van der Waals surface area contributed by atoms with Crippen molar-refractivity contribution in [1.29, 1.82) is 0 Å². The van der Waals surface area contributed by atoms with Gasteiger partial charge in [-0.25, -0.2) is 0 Å². The second kappa shape index (κ2) is 7.23. The molecule has 4 heteroatoms. The quantitative estimate of drug-likeness (QED) is 0.427. The van der Waals surface area contributed by atoms with E-state index in [1.165, 1.54) is 0 Å². The number of carbonyl (C=O) groups is 2. The molecule has 22 heavy (non-hydrogen) atoms. The van der Waals surface area contributed by atoms with Gasteiger partial charge in [-0.2, -0.15) is 0 Å². The van der Waals surface area contributed by atoms with E-state index in [1.54, 1.807) is 6.92 Å². The highest BCUT2D eigenvalue weighted by Crippen LogP contribution is 2.35. The molecule has 1 unspecified atom stereocenters. The van der Waals surface area contributed by atoms with Gasteiger partial charge in [0.15, 0.2) is 5.78 Å². The molecule has 118 valence electrons. The number of aryl methyl sites for hydroxylation is 1. The molecular weight excluding hydrogens is 344 g/mol. The summed E-state index contributed by atoms with van der Waals surface area (Å²) in [4.78, 5) is 25.0. The fourth-order valence-corrected chi connectivity index (χ4v) is 3.35. The molecule has 0 aliphatic carbocycles. The Labute approximate surface area is 139 Å². The number of hydrogen-bond acceptors (Lipinski definition) is 3. The fourth-order valence-electron chi connectivity index (χ4n) is 2.63. The van der Waals surface area contributed by atoms with E-state index < -0.39 is 11.9 Å². The van der Waals surface area contributed by atoms with Crippen LogP contribution in [0.1, 0.15) is 56.6 Å². The van der Waals surface area contributed by atoms with Crippen LogP contribution in [0.3, 0.4) is 0 Å². The first-order chi connectivity index (χ1) is 10.5. The number of benzene rings is 1. The van der Waals surface area contributed by atoms with Crippen LogP contribution in [-0.2, 0) is 14.3 Å². The summed E-state index contributed by atoms with van der Waals surface area (Å²) < 4.78 is 6.24.